The van der Waals surface area contributed by atoms with E-state index in [0.29, 0.717) is 35.0 Å². The van der Waals surface area contributed by atoms with Crippen LogP contribution in [-0.4, -0.2) is 45.6 Å². The van der Waals surface area contributed by atoms with E-state index in [1.54, 1.807) is 78.7 Å². The van der Waals surface area contributed by atoms with E-state index >= 15 is 0 Å². The molecule has 1 unspecified atom stereocenters. The highest BCUT2D eigenvalue weighted by atomic mass is 127. The number of benzene rings is 3. The molecule has 1 fully saturated rings. The molecule has 2 heterocycles. The molecule has 5 rings (SSSR count). The van der Waals surface area contributed by atoms with Gasteiger partial charge in [0.2, 0.25) is 11.2 Å². The molecule has 4 aromatic rings. The first-order valence-corrected chi connectivity index (χ1v) is 14.8. The van der Waals surface area contributed by atoms with Crippen LogP contribution in [-0.2, 0) is 23.2 Å². The number of nitrogens with one attached hydrogen (secondary N) is 1. The summed E-state index contributed by atoms with van der Waals surface area (Å²) in [4.78, 5) is 34.2. The van der Waals surface area contributed by atoms with E-state index in [2.05, 4.69) is 38.2 Å². The van der Waals surface area contributed by atoms with Crippen LogP contribution in [0.3, 0.4) is 0 Å². The first-order valence-electron chi connectivity index (χ1n) is 13.3. The normalized spacial score (nSPS) is 15.2. The Morgan fingerprint density at radius 1 is 1.14 bits per heavy atom. The molecular formula is C30H27IN6O5S. The van der Waals surface area contributed by atoms with E-state index in [1.165, 1.54) is 9.58 Å². The van der Waals surface area contributed by atoms with Gasteiger partial charge >= 0.3 is 5.88 Å². The summed E-state index contributed by atoms with van der Waals surface area (Å²) in [7, 11) is 1.63. The molecule has 0 radical (unpaired) electrons. The maximum Gasteiger partial charge on any atom is 0.325 e. The van der Waals surface area contributed by atoms with Gasteiger partial charge in [-0.1, -0.05) is 30.3 Å². The second kappa shape index (κ2) is 13.3. The molecule has 0 spiro atoms. The number of hydrogen-bond donors (Lipinski definition) is 1. The molecule has 1 saturated heterocycles. The fourth-order valence-electron chi connectivity index (χ4n) is 4.52. The summed E-state index contributed by atoms with van der Waals surface area (Å²) in [5, 5.41) is 19.8. The molecule has 1 N–H and O–H groups in total. The van der Waals surface area contributed by atoms with Gasteiger partial charge in [0.25, 0.3) is 11.6 Å². The number of amides is 2. The highest BCUT2D eigenvalue weighted by Gasteiger charge is 2.46. The van der Waals surface area contributed by atoms with Crippen LogP contribution in [0.5, 0.6) is 5.75 Å². The van der Waals surface area contributed by atoms with Crippen LogP contribution < -0.4 is 24.7 Å². The van der Waals surface area contributed by atoms with Crippen molar-refractivity contribution in [2.24, 2.45) is 12.0 Å². The van der Waals surface area contributed by atoms with Crippen molar-refractivity contribution >= 4 is 74.9 Å². The molecule has 3 aromatic carbocycles. The molecule has 0 bridgehead atoms. The lowest BCUT2D eigenvalue weighted by atomic mass is 10.1. The summed E-state index contributed by atoms with van der Waals surface area (Å²) >= 11 is 7.99. The van der Waals surface area contributed by atoms with Crippen molar-refractivity contribution in [1.29, 1.82) is 0 Å². The number of aliphatic imine (C=N–C) groups is 1. The van der Waals surface area contributed by atoms with Gasteiger partial charge in [0.1, 0.15) is 18.3 Å². The van der Waals surface area contributed by atoms with Crippen molar-refractivity contribution in [3.8, 4) is 5.75 Å². The molecule has 1 aromatic heterocycles. The van der Waals surface area contributed by atoms with E-state index < -0.39 is 11.9 Å². The summed E-state index contributed by atoms with van der Waals surface area (Å²) in [6, 6.07) is 21.9. The van der Waals surface area contributed by atoms with Gasteiger partial charge in [0.05, 0.1) is 18.7 Å². The molecule has 43 heavy (non-hydrogen) atoms. The number of carbonyl (C=O) groups is 2. The summed E-state index contributed by atoms with van der Waals surface area (Å²) < 4.78 is 13.4. The van der Waals surface area contributed by atoms with Crippen molar-refractivity contribution in [3.05, 3.63) is 93.7 Å². The van der Waals surface area contributed by atoms with Gasteiger partial charge in [-0.05, 0) is 106 Å². The number of hydrogen-bond acceptors (Lipinski definition) is 8. The maximum atomic E-state index is 13.9. The van der Waals surface area contributed by atoms with E-state index in [1.807, 2.05) is 19.1 Å². The van der Waals surface area contributed by atoms with Crippen LogP contribution >= 0.6 is 34.8 Å². The molecule has 1 atom stereocenters. The number of aromatic nitrogens is 2. The van der Waals surface area contributed by atoms with Crippen molar-refractivity contribution in [2.75, 3.05) is 16.8 Å². The number of rotatable bonds is 10. The average molecular weight is 711 g/mol. The molecule has 11 nitrogen and oxygen atoms in total. The Morgan fingerprint density at radius 2 is 1.84 bits per heavy atom. The topological polar surface area (TPSA) is 127 Å². The molecule has 1 aliphatic rings. The molecule has 1 aliphatic heterocycles. The first-order chi connectivity index (χ1) is 20.7. The molecule has 220 valence electrons. The molecular weight excluding hydrogens is 683 g/mol. The number of ether oxygens (including phenoxy) is 1. The maximum absolute atomic E-state index is 13.9. The van der Waals surface area contributed by atoms with Crippen molar-refractivity contribution in [2.45, 2.75) is 25.9 Å². The zero-order chi connectivity index (χ0) is 30.5. The number of thiocarbonyl (C=S) groups is 1. The van der Waals surface area contributed by atoms with Gasteiger partial charge in [-0.3, -0.25) is 19.0 Å². The highest BCUT2D eigenvalue weighted by Crippen LogP contribution is 2.31. The third-order valence-electron chi connectivity index (χ3n) is 6.66. The van der Waals surface area contributed by atoms with Crippen LogP contribution in [0.2, 0.25) is 0 Å². The molecule has 0 aliphatic carbocycles. The predicted octanol–water partition coefficient (Wildman–Crippen LogP) is 3.47. The summed E-state index contributed by atoms with van der Waals surface area (Å²) in [6.07, 6.45) is -0.178. The number of carbonyl (C=O) groups excluding carboxylic acids is 2. The van der Waals surface area contributed by atoms with Gasteiger partial charge in [0.15, 0.2) is 12.2 Å². The number of anilines is 2. The largest absolute Gasteiger partial charge is 0.858 e. The molecule has 2 amide bonds. The van der Waals surface area contributed by atoms with E-state index in [0.717, 1.165) is 3.57 Å². The average Bonchev–Trinajstić information content (AvgIpc) is 3.46. The highest BCUT2D eigenvalue weighted by molar-refractivity contribution is 14.1. The van der Waals surface area contributed by atoms with Crippen LogP contribution in [0.25, 0.3) is 0 Å². The minimum absolute atomic E-state index is 0.000481. The fraction of sp³-hybridized carbons (Fsp3) is 0.200. The minimum atomic E-state index is -0.949. The number of nitrogens with zero attached hydrogens (tertiary/aromatic N) is 5. The van der Waals surface area contributed by atoms with E-state index in [-0.39, 0.29) is 35.8 Å². The lowest BCUT2D eigenvalue weighted by Gasteiger charge is -2.22. The lowest BCUT2D eigenvalue weighted by molar-refractivity contribution is -0.746. The van der Waals surface area contributed by atoms with Crippen molar-refractivity contribution < 1.29 is 28.6 Å². The zero-order valence-electron chi connectivity index (χ0n) is 23.3. The van der Waals surface area contributed by atoms with E-state index in [4.69, 9.17) is 21.5 Å². The van der Waals surface area contributed by atoms with Crippen molar-refractivity contribution in [3.63, 3.8) is 0 Å². The summed E-state index contributed by atoms with van der Waals surface area (Å²) in [5.41, 5.74) is 1.92. The van der Waals surface area contributed by atoms with Crippen LogP contribution in [0.15, 0.2) is 88.4 Å². The fourth-order valence-corrected chi connectivity index (χ4v) is 5.27. The Labute approximate surface area is 266 Å². The summed E-state index contributed by atoms with van der Waals surface area (Å²) in [6.45, 7) is 2.39. The second-order valence-corrected chi connectivity index (χ2v) is 11.1. The third kappa shape index (κ3) is 6.83. The summed E-state index contributed by atoms with van der Waals surface area (Å²) in [5.74, 6) is -0.610. The second-order valence-electron chi connectivity index (χ2n) is 9.52. The molecule has 0 saturated carbocycles. The Bertz CT molecular complexity index is 1660. The Morgan fingerprint density at radius 3 is 2.51 bits per heavy atom. The predicted molar refractivity (Wildman–Crippen MR) is 170 cm³/mol. The third-order valence-corrected chi connectivity index (χ3v) is 7.80. The smallest absolute Gasteiger partial charge is 0.325 e. The van der Waals surface area contributed by atoms with Gasteiger partial charge in [-0.25, -0.2) is 4.99 Å². The van der Waals surface area contributed by atoms with Gasteiger partial charge in [-0.15, -0.1) is 0 Å². The quantitative estimate of drug-likeness (QED) is 0.0873. The van der Waals surface area contributed by atoms with Gasteiger partial charge in [0, 0.05) is 9.26 Å². The van der Waals surface area contributed by atoms with Gasteiger partial charge < -0.3 is 20.1 Å². The Hall–Kier alpha value is -4.37. The SMILES string of the molecule is CCOc1ccc(N2C(=O)C(CC(=O)Nc3ccc(I)cc3)N(Cc3c(/N=C(\[O-])c4ccccc4)on[n+]3C)C2=S)cc1. The van der Waals surface area contributed by atoms with E-state index in [9.17, 15) is 14.7 Å². The van der Waals surface area contributed by atoms with Crippen molar-refractivity contribution in [1.82, 2.24) is 10.2 Å². The number of aryl methyl sites for hydroxylation is 1. The monoisotopic (exact) mass is 710 g/mol. The first kappa shape index (κ1) is 30.1. The minimum Gasteiger partial charge on any atom is -0.858 e. The van der Waals surface area contributed by atoms with Gasteiger partial charge in [-0.2, -0.15) is 0 Å². The Balaban J connectivity index is 1.46. The lowest BCUT2D eigenvalue weighted by Crippen LogP contribution is -2.42. The van der Waals surface area contributed by atoms with Crippen LogP contribution in [0, 0.1) is 3.57 Å². The van der Waals surface area contributed by atoms with Crippen LogP contribution in [0.4, 0.5) is 17.3 Å². The number of halogens is 1. The molecule has 13 heteroatoms. The zero-order valence-corrected chi connectivity index (χ0v) is 26.2. The van der Waals surface area contributed by atoms with Crippen LogP contribution in [0.1, 0.15) is 24.6 Å². The Kier molecular flexibility index (Phi) is 9.31. The standard InChI is InChI=1S/C30H27IN6O5S/c1-3-41-23-15-13-22(14-16-23)37-29(40)24(17-26(38)32-21-11-9-20(31)10-12-21)36(30(37)43)18-25-28(42-34-35(25)2)33-27(39)19-7-5-4-6-8-19/h4-16,24H,3,17-18H2,1-2H3,(H-,32,33,34,38,39).